The second-order valence-corrected chi connectivity index (χ2v) is 7.50. The zero-order valence-electron chi connectivity index (χ0n) is 13.9. The maximum Gasteiger partial charge on any atom is 0.238 e. The highest BCUT2D eigenvalue weighted by Crippen LogP contribution is 2.27. The fourth-order valence-corrected chi connectivity index (χ4v) is 2.61. The van der Waals surface area contributed by atoms with E-state index in [2.05, 4.69) is 64.2 Å². The van der Waals surface area contributed by atoms with E-state index in [0.29, 0.717) is 12.5 Å². The van der Waals surface area contributed by atoms with Crippen LogP contribution in [-0.4, -0.2) is 23.9 Å². The molecule has 1 amide bonds. The summed E-state index contributed by atoms with van der Waals surface area (Å²) >= 11 is 0. The second kappa shape index (κ2) is 6.18. The minimum absolute atomic E-state index is 0.0288. The molecule has 0 bridgehead atoms. The fraction of sp³-hybridized carbons (Fsp3) is 0.611. The van der Waals surface area contributed by atoms with Gasteiger partial charge in [-0.2, -0.15) is 0 Å². The van der Waals surface area contributed by atoms with Crippen molar-refractivity contribution in [2.24, 2.45) is 5.41 Å². The van der Waals surface area contributed by atoms with Crippen molar-refractivity contribution in [2.45, 2.75) is 53.1 Å². The van der Waals surface area contributed by atoms with Crippen LogP contribution in [0.2, 0.25) is 0 Å². The van der Waals surface area contributed by atoms with Crippen molar-refractivity contribution in [3.05, 3.63) is 35.4 Å². The predicted molar refractivity (Wildman–Crippen MR) is 87.1 cm³/mol. The number of carbonyl (C=O) groups is 1. The molecule has 3 nitrogen and oxygen atoms in total. The van der Waals surface area contributed by atoms with Crippen LogP contribution in [0, 0.1) is 5.41 Å². The van der Waals surface area contributed by atoms with Gasteiger partial charge in [0.15, 0.2) is 0 Å². The number of rotatable bonds is 4. The second-order valence-electron chi connectivity index (χ2n) is 7.50. The zero-order valence-corrected chi connectivity index (χ0v) is 13.9. The lowest BCUT2D eigenvalue weighted by Crippen LogP contribution is -2.33. The Morgan fingerprint density at radius 3 is 2.38 bits per heavy atom. The molecule has 1 fully saturated rings. The average molecular weight is 288 g/mol. The van der Waals surface area contributed by atoms with Gasteiger partial charge in [-0.05, 0) is 28.9 Å². The minimum Gasteiger partial charge on any atom is -0.322 e. The van der Waals surface area contributed by atoms with Crippen molar-refractivity contribution in [1.29, 1.82) is 0 Å². The van der Waals surface area contributed by atoms with Gasteiger partial charge in [-0.1, -0.05) is 58.9 Å². The van der Waals surface area contributed by atoms with Crippen molar-refractivity contribution >= 4 is 5.91 Å². The standard InChI is InChI=1S/C18H28N2O/c1-13(2)14-6-8-15(9-7-14)17-19-12-16(21)20(17)11-10-18(3,4)5/h6-9,13,17,19H,10-12H2,1-5H3. The summed E-state index contributed by atoms with van der Waals surface area (Å²) in [6, 6.07) is 8.64. The van der Waals surface area contributed by atoms with E-state index in [1.54, 1.807) is 0 Å². The average Bonchev–Trinajstić information content (AvgIpc) is 2.77. The number of amides is 1. The van der Waals surface area contributed by atoms with Crippen molar-refractivity contribution in [1.82, 2.24) is 10.2 Å². The van der Waals surface area contributed by atoms with Gasteiger partial charge in [0.05, 0.1) is 6.54 Å². The molecule has 1 heterocycles. The Morgan fingerprint density at radius 1 is 1.24 bits per heavy atom. The summed E-state index contributed by atoms with van der Waals surface area (Å²) in [5.74, 6) is 0.742. The van der Waals surface area contributed by atoms with Gasteiger partial charge in [-0.15, -0.1) is 0 Å². The van der Waals surface area contributed by atoms with Crippen molar-refractivity contribution in [3.63, 3.8) is 0 Å². The first-order chi connectivity index (χ1) is 9.78. The number of hydrogen-bond acceptors (Lipinski definition) is 2. The topological polar surface area (TPSA) is 32.3 Å². The summed E-state index contributed by atoms with van der Waals surface area (Å²) in [4.78, 5) is 14.1. The van der Waals surface area contributed by atoms with Crippen molar-refractivity contribution < 1.29 is 4.79 Å². The van der Waals surface area contributed by atoms with Crippen LogP contribution in [0.15, 0.2) is 24.3 Å². The predicted octanol–water partition coefficient (Wildman–Crippen LogP) is 3.68. The van der Waals surface area contributed by atoms with Crippen LogP contribution in [-0.2, 0) is 4.79 Å². The van der Waals surface area contributed by atoms with E-state index in [1.165, 1.54) is 11.1 Å². The molecule has 0 aliphatic carbocycles. The summed E-state index contributed by atoms with van der Waals surface area (Å²) < 4.78 is 0. The molecule has 1 aromatic carbocycles. The Balaban J connectivity index is 2.11. The lowest BCUT2D eigenvalue weighted by molar-refractivity contribution is -0.128. The van der Waals surface area contributed by atoms with Crippen LogP contribution in [0.3, 0.4) is 0 Å². The highest BCUT2D eigenvalue weighted by molar-refractivity contribution is 5.80. The number of hydrogen-bond donors (Lipinski definition) is 1. The number of benzene rings is 1. The van der Waals surface area contributed by atoms with Gasteiger partial charge >= 0.3 is 0 Å². The molecule has 1 aromatic rings. The summed E-state index contributed by atoms with van der Waals surface area (Å²) in [5, 5.41) is 3.33. The Bertz CT molecular complexity index is 485. The summed E-state index contributed by atoms with van der Waals surface area (Å²) in [6.07, 6.45) is 1.04. The van der Waals surface area contributed by atoms with Gasteiger partial charge in [-0.25, -0.2) is 0 Å². The first kappa shape index (κ1) is 16.0. The quantitative estimate of drug-likeness (QED) is 0.916. The van der Waals surface area contributed by atoms with E-state index in [4.69, 9.17) is 0 Å². The van der Waals surface area contributed by atoms with Gasteiger partial charge in [0.2, 0.25) is 5.91 Å². The Morgan fingerprint density at radius 2 is 1.86 bits per heavy atom. The largest absolute Gasteiger partial charge is 0.322 e. The molecule has 0 radical (unpaired) electrons. The summed E-state index contributed by atoms with van der Waals surface area (Å²) in [5.41, 5.74) is 2.76. The third-order valence-corrected chi connectivity index (χ3v) is 4.10. The van der Waals surface area contributed by atoms with Gasteiger partial charge in [0.1, 0.15) is 6.17 Å². The van der Waals surface area contributed by atoms with Crippen LogP contribution in [0.1, 0.15) is 64.3 Å². The number of nitrogens with zero attached hydrogens (tertiary/aromatic N) is 1. The normalized spacial score (nSPS) is 19.6. The Hall–Kier alpha value is -1.35. The molecule has 1 unspecified atom stereocenters. The lowest BCUT2D eigenvalue weighted by atomic mass is 9.92. The van der Waals surface area contributed by atoms with E-state index in [0.717, 1.165) is 13.0 Å². The minimum atomic E-state index is 0.0288. The van der Waals surface area contributed by atoms with E-state index >= 15 is 0 Å². The van der Waals surface area contributed by atoms with Gasteiger partial charge in [0, 0.05) is 6.54 Å². The third kappa shape index (κ3) is 4.07. The molecule has 0 spiro atoms. The Kier molecular flexibility index (Phi) is 4.72. The maximum absolute atomic E-state index is 12.1. The lowest BCUT2D eigenvalue weighted by Gasteiger charge is -2.28. The molecule has 1 aliphatic heterocycles. The molecule has 116 valence electrons. The molecule has 0 saturated carbocycles. The number of carbonyl (C=O) groups excluding carboxylic acids is 1. The molecular formula is C18H28N2O. The maximum atomic E-state index is 12.1. The number of nitrogens with one attached hydrogen (secondary N) is 1. The van der Waals surface area contributed by atoms with Crippen LogP contribution < -0.4 is 5.32 Å². The van der Waals surface area contributed by atoms with E-state index in [9.17, 15) is 4.79 Å². The highest BCUT2D eigenvalue weighted by Gasteiger charge is 2.31. The monoisotopic (exact) mass is 288 g/mol. The van der Waals surface area contributed by atoms with Gasteiger partial charge in [-0.3, -0.25) is 10.1 Å². The molecule has 1 atom stereocenters. The smallest absolute Gasteiger partial charge is 0.238 e. The van der Waals surface area contributed by atoms with Gasteiger partial charge in [0.25, 0.3) is 0 Å². The van der Waals surface area contributed by atoms with Gasteiger partial charge < -0.3 is 4.90 Å². The van der Waals surface area contributed by atoms with E-state index in [-0.39, 0.29) is 17.5 Å². The first-order valence-electron chi connectivity index (χ1n) is 7.90. The van der Waals surface area contributed by atoms with Crippen LogP contribution in [0.5, 0.6) is 0 Å². The highest BCUT2D eigenvalue weighted by atomic mass is 16.2. The SMILES string of the molecule is CC(C)c1ccc(C2NCC(=O)N2CCC(C)(C)C)cc1. The molecule has 0 aromatic heterocycles. The summed E-state index contributed by atoms with van der Waals surface area (Å²) in [7, 11) is 0. The zero-order chi connectivity index (χ0) is 15.6. The first-order valence-corrected chi connectivity index (χ1v) is 7.90. The van der Waals surface area contributed by atoms with Crippen molar-refractivity contribution in [2.75, 3.05) is 13.1 Å². The van der Waals surface area contributed by atoms with Crippen molar-refractivity contribution in [3.8, 4) is 0 Å². The molecule has 3 heteroatoms. The summed E-state index contributed by atoms with van der Waals surface area (Å²) in [6.45, 7) is 12.3. The molecule has 1 aliphatic rings. The molecule has 1 N–H and O–H groups in total. The fourth-order valence-electron chi connectivity index (χ4n) is 2.61. The van der Waals surface area contributed by atoms with Crippen LogP contribution in [0.4, 0.5) is 0 Å². The molecule has 21 heavy (non-hydrogen) atoms. The van der Waals surface area contributed by atoms with E-state index in [1.807, 2.05) is 4.90 Å². The van der Waals surface area contributed by atoms with Crippen LogP contribution >= 0.6 is 0 Å². The van der Waals surface area contributed by atoms with Crippen LogP contribution in [0.25, 0.3) is 0 Å². The van der Waals surface area contributed by atoms with E-state index < -0.39 is 0 Å². The molecule has 2 rings (SSSR count). The Labute approximate surface area is 128 Å². The third-order valence-electron chi connectivity index (χ3n) is 4.10. The molecular weight excluding hydrogens is 260 g/mol. The molecule has 1 saturated heterocycles.